The molecule has 0 aromatic heterocycles. The van der Waals surface area contributed by atoms with Gasteiger partial charge in [-0.3, -0.25) is 4.79 Å². The first-order valence-corrected chi connectivity index (χ1v) is 5.82. The molecule has 74 valence electrons. The van der Waals surface area contributed by atoms with Gasteiger partial charge in [0.25, 0.3) is 0 Å². The molecule has 3 nitrogen and oxygen atoms in total. The first-order valence-electron chi connectivity index (χ1n) is 4.53. The highest BCUT2D eigenvalue weighted by molar-refractivity contribution is 8.01. The summed E-state index contributed by atoms with van der Waals surface area (Å²) in [5, 5.41) is 8.00. The normalized spacial score (nSPS) is 23.3. The molecule has 0 unspecified atom stereocenters. The molecule has 1 saturated heterocycles. The minimum atomic E-state index is 0.0167. The lowest BCUT2D eigenvalue weighted by Gasteiger charge is -2.23. The Morgan fingerprint density at radius 1 is 1.69 bits per heavy atom. The van der Waals surface area contributed by atoms with Gasteiger partial charge in [-0.2, -0.15) is 0 Å². The molecular formula is C9H16N2OS. The van der Waals surface area contributed by atoms with Gasteiger partial charge in [-0.1, -0.05) is 0 Å². The lowest BCUT2D eigenvalue weighted by atomic mass is 10.1. The van der Waals surface area contributed by atoms with Crippen molar-refractivity contribution in [2.45, 2.75) is 18.9 Å². The maximum atomic E-state index is 11.2. The van der Waals surface area contributed by atoms with Crippen molar-refractivity contribution >= 4 is 17.7 Å². The number of hydrogen-bond acceptors (Lipinski definition) is 3. The summed E-state index contributed by atoms with van der Waals surface area (Å²) in [4.78, 5) is 11.2. The maximum absolute atomic E-state index is 11.2. The van der Waals surface area contributed by atoms with Crippen LogP contribution >= 0.6 is 11.8 Å². The molecule has 0 aromatic rings. The molecule has 0 aliphatic carbocycles. The van der Waals surface area contributed by atoms with E-state index in [4.69, 9.17) is 0 Å². The van der Waals surface area contributed by atoms with E-state index in [2.05, 4.69) is 10.6 Å². The third-order valence-corrected chi connectivity index (χ3v) is 2.41. The minimum Gasteiger partial charge on any atom is -0.349 e. The third kappa shape index (κ3) is 4.33. The Hall–Kier alpha value is -0.480. The molecule has 0 spiro atoms. The minimum absolute atomic E-state index is 0.0167. The van der Waals surface area contributed by atoms with Crippen LogP contribution < -0.4 is 10.6 Å². The monoisotopic (exact) mass is 200 g/mol. The molecule has 1 aliphatic rings. The lowest BCUT2D eigenvalue weighted by molar-refractivity contribution is -0.117. The molecular weight excluding hydrogens is 184 g/mol. The van der Waals surface area contributed by atoms with Gasteiger partial charge in [-0.15, -0.1) is 11.8 Å². The van der Waals surface area contributed by atoms with E-state index in [-0.39, 0.29) is 5.91 Å². The second-order valence-electron chi connectivity index (χ2n) is 3.09. The van der Waals surface area contributed by atoms with E-state index < -0.39 is 0 Å². The summed E-state index contributed by atoms with van der Waals surface area (Å²) in [7, 11) is 0. The Bertz CT molecular complexity index is 188. The number of rotatable bonds is 3. The Morgan fingerprint density at radius 2 is 2.54 bits per heavy atom. The van der Waals surface area contributed by atoms with Gasteiger partial charge in [-0.25, -0.2) is 0 Å². The van der Waals surface area contributed by atoms with Crippen LogP contribution in [0.3, 0.4) is 0 Å². The zero-order chi connectivity index (χ0) is 9.52. The smallest absolute Gasteiger partial charge is 0.244 e. The van der Waals surface area contributed by atoms with Crippen LogP contribution in [0.5, 0.6) is 0 Å². The van der Waals surface area contributed by atoms with E-state index in [1.165, 1.54) is 11.8 Å². The molecule has 1 heterocycles. The molecule has 1 rings (SSSR count). The van der Waals surface area contributed by atoms with Gasteiger partial charge in [0.2, 0.25) is 5.91 Å². The SMILES string of the molecule is CS/C=C/C(=O)N[C@@H]1CCCNC1. The van der Waals surface area contributed by atoms with Crippen molar-refractivity contribution in [2.24, 2.45) is 0 Å². The van der Waals surface area contributed by atoms with Crippen molar-refractivity contribution < 1.29 is 4.79 Å². The number of nitrogens with one attached hydrogen (secondary N) is 2. The largest absolute Gasteiger partial charge is 0.349 e. The maximum Gasteiger partial charge on any atom is 0.244 e. The summed E-state index contributed by atoms with van der Waals surface area (Å²) in [6.07, 6.45) is 5.76. The molecule has 0 bridgehead atoms. The van der Waals surface area contributed by atoms with Crippen LogP contribution in [-0.2, 0) is 4.79 Å². The van der Waals surface area contributed by atoms with Crippen LogP contribution in [0.25, 0.3) is 0 Å². The number of piperidine rings is 1. The van der Waals surface area contributed by atoms with Crippen LogP contribution in [0.15, 0.2) is 11.5 Å². The molecule has 2 N–H and O–H groups in total. The van der Waals surface area contributed by atoms with Gasteiger partial charge in [0, 0.05) is 18.7 Å². The molecule has 1 fully saturated rings. The molecule has 4 heteroatoms. The Morgan fingerprint density at radius 3 is 3.15 bits per heavy atom. The zero-order valence-corrected chi connectivity index (χ0v) is 8.69. The number of thioether (sulfide) groups is 1. The van der Waals surface area contributed by atoms with Gasteiger partial charge in [0.15, 0.2) is 0 Å². The van der Waals surface area contributed by atoms with Crippen LogP contribution in [0.4, 0.5) is 0 Å². The number of carbonyl (C=O) groups excluding carboxylic acids is 1. The van der Waals surface area contributed by atoms with Gasteiger partial charge in [-0.05, 0) is 31.1 Å². The molecule has 0 radical (unpaired) electrons. The fourth-order valence-corrected chi connectivity index (χ4v) is 1.61. The van der Waals surface area contributed by atoms with E-state index in [9.17, 15) is 4.79 Å². The van der Waals surface area contributed by atoms with Crippen molar-refractivity contribution in [3.63, 3.8) is 0 Å². The van der Waals surface area contributed by atoms with Crippen molar-refractivity contribution in [3.05, 3.63) is 11.5 Å². The summed E-state index contributed by atoms with van der Waals surface area (Å²) in [6.45, 7) is 1.98. The highest BCUT2D eigenvalue weighted by Crippen LogP contribution is 2.01. The van der Waals surface area contributed by atoms with Crippen LogP contribution in [-0.4, -0.2) is 31.3 Å². The van der Waals surface area contributed by atoms with Gasteiger partial charge in [0.05, 0.1) is 0 Å². The molecule has 1 aliphatic heterocycles. The number of hydrogen-bond donors (Lipinski definition) is 2. The van der Waals surface area contributed by atoms with Crippen LogP contribution in [0.1, 0.15) is 12.8 Å². The fourth-order valence-electron chi connectivity index (χ4n) is 1.35. The Labute approximate surface area is 83.3 Å². The van der Waals surface area contributed by atoms with Crippen molar-refractivity contribution in [2.75, 3.05) is 19.3 Å². The van der Waals surface area contributed by atoms with E-state index >= 15 is 0 Å². The molecule has 0 saturated carbocycles. The van der Waals surface area contributed by atoms with Crippen molar-refractivity contribution in [1.29, 1.82) is 0 Å². The number of carbonyl (C=O) groups is 1. The molecule has 1 amide bonds. The molecule has 1 atom stereocenters. The van der Waals surface area contributed by atoms with Crippen LogP contribution in [0, 0.1) is 0 Å². The topological polar surface area (TPSA) is 41.1 Å². The third-order valence-electron chi connectivity index (χ3n) is 2.00. The van der Waals surface area contributed by atoms with E-state index in [1.807, 2.05) is 6.26 Å². The summed E-state index contributed by atoms with van der Waals surface area (Å²) in [5.41, 5.74) is 0. The summed E-state index contributed by atoms with van der Waals surface area (Å²) in [6, 6.07) is 0.313. The summed E-state index contributed by atoms with van der Waals surface area (Å²) in [5.74, 6) is 0.0167. The Kier molecular flexibility index (Phi) is 4.93. The van der Waals surface area contributed by atoms with E-state index in [0.29, 0.717) is 6.04 Å². The standard InChI is InChI=1S/C9H16N2OS/c1-13-6-4-9(12)11-8-3-2-5-10-7-8/h4,6,8,10H,2-3,5,7H2,1H3,(H,11,12)/b6-4+/t8-/m1/s1. The molecule has 13 heavy (non-hydrogen) atoms. The van der Waals surface area contributed by atoms with E-state index in [1.54, 1.807) is 11.5 Å². The highest BCUT2D eigenvalue weighted by Gasteiger charge is 2.13. The predicted octanol–water partition coefficient (Wildman–Crippen LogP) is 0.731. The van der Waals surface area contributed by atoms with Crippen molar-refractivity contribution in [1.82, 2.24) is 10.6 Å². The van der Waals surface area contributed by atoms with Crippen LogP contribution in [0.2, 0.25) is 0 Å². The van der Waals surface area contributed by atoms with Gasteiger partial charge in [0.1, 0.15) is 0 Å². The predicted molar refractivity (Wildman–Crippen MR) is 56.7 cm³/mol. The fraction of sp³-hybridized carbons (Fsp3) is 0.667. The average molecular weight is 200 g/mol. The second-order valence-corrected chi connectivity index (χ2v) is 3.83. The summed E-state index contributed by atoms with van der Waals surface area (Å²) < 4.78 is 0. The van der Waals surface area contributed by atoms with Gasteiger partial charge >= 0.3 is 0 Å². The highest BCUT2D eigenvalue weighted by atomic mass is 32.2. The van der Waals surface area contributed by atoms with E-state index in [0.717, 1.165) is 25.9 Å². The van der Waals surface area contributed by atoms with Gasteiger partial charge < -0.3 is 10.6 Å². The lowest BCUT2D eigenvalue weighted by Crippen LogP contribution is -2.45. The number of amides is 1. The quantitative estimate of drug-likeness (QED) is 0.660. The first kappa shape index (κ1) is 10.6. The second kappa shape index (κ2) is 6.05. The molecule has 0 aromatic carbocycles. The van der Waals surface area contributed by atoms with Crippen molar-refractivity contribution in [3.8, 4) is 0 Å². The summed E-state index contributed by atoms with van der Waals surface area (Å²) >= 11 is 1.53. The first-order chi connectivity index (χ1) is 6.33. The Balaban J connectivity index is 2.22. The average Bonchev–Trinajstić information content (AvgIpc) is 2.16. The zero-order valence-electron chi connectivity index (χ0n) is 7.88.